The van der Waals surface area contributed by atoms with E-state index < -0.39 is 5.60 Å². The minimum atomic E-state index is -0.750. The van der Waals surface area contributed by atoms with Crippen molar-refractivity contribution in [1.29, 1.82) is 0 Å². The number of methoxy groups -OCH3 is 1. The minimum Gasteiger partial charge on any atom is -0.390 e. The van der Waals surface area contributed by atoms with Crippen LogP contribution in [0.15, 0.2) is 0 Å². The van der Waals surface area contributed by atoms with E-state index in [2.05, 4.69) is 13.8 Å². The molecule has 6 aliphatic rings. The maximum atomic E-state index is 11.0. The Morgan fingerprint density at radius 3 is 2.55 bits per heavy atom. The predicted octanol–water partition coefficient (Wildman–Crippen LogP) is 1.35. The third kappa shape index (κ3) is 0.980. The van der Waals surface area contributed by atoms with Gasteiger partial charge < -0.3 is 19.3 Å². The molecule has 112 valence electrons. The standard InChI is InChI=1S/C16H24O4/c1-14(2)5-7-9-11-10-13(18-4)12(9)19-8(6-15(10,3)17)16(7,14)20-11/h7-13,17H,5-6H2,1-4H3/t7-,8?,9-,10+,11+,12+,13-,15-,16?/m0/s1. The molecule has 0 aromatic carbocycles. The van der Waals surface area contributed by atoms with Crippen molar-refractivity contribution in [3.63, 3.8) is 0 Å². The van der Waals surface area contributed by atoms with Crippen molar-refractivity contribution in [2.45, 2.75) is 69.2 Å². The lowest BCUT2D eigenvalue weighted by Crippen LogP contribution is -2.71. The molecule has 9 atom stereocenters. The summed E-state index contributed by atoms with van der Waals surface area (Å²) in [5.74, 6) is 1.07. The topological polar surface area (TPSA) is 47.9 Å². The molecule has 2 saturated carbocycles. The molecule has 1 N–H and O–H groups in total. The molecule has 0 aromatic heterocycles. The molecule has 2 unspecified atom stereocenters. The molecule has 20 heavy (non-hydrogen) atoms. The van der Waals surface area contributed by atoms with Gasteiger partial charge in [0.2, 0.25) is 0 Å². The van der Waals surface area contributed by atoms with E-state index >= 15 is 0 Å². The van der Waals surface area contributed by atoms with Gasteiger partial charge in [0.25, 0.3) is 0 Å². The Hall–Kier alpha value is -0.160. The Morgan fingerprint density at radius 1 is 1.15 bits per heavy atom. The second kappa shape index (κ2) is 3.12. The first kappa shape index (κ1) is 12.4. The van der Waals surface area contributed by atoms with Crippen molar-refractivity contribution < 1.29 is 19.3 Å². The van der Waals surface area contributed by atoms with Gasteiger partial charge in [0, 0.05) is 25.4 Å². The second-order valence-corrected chi connectivity index (χ2v) is 8.52. The van der Waals surface area contributed by atoms with Gasteiger partial charge in [0.05, 0.1) is 30.0 Å². The molecule has 6 rings (SSSR count). The third-order valence-corrected chi connectivity index (χ3v) is 7.31. The van der Waals surface area contributed by atoms with E-state index in [4.69, 9.17) is 14.2 Å². The van der Waals surface area contributed by atoms with Gasteiger partial charge in [-0.1, -0.05) is 13.8 Å². The number of aliphatic hydroxyl groups is 1. The molecule has 4 aliphatic heterocycles. The molecule has 4 heterocycles. The van der Waals surface area contributed by atoms with Crippen molar-refractivity contribution in [2.75, 3.05) is 7.11 Å². The van der Waals surface area contributed by atoms with Crippen LogP contribution in [0.4, 0.5) is 0 Å². The molecule has 0 amide bonds. The smallest absolute Gasteiger partial charge is 0.103 e. The predicted molar refractivity (Wildman–Crippen MR) is 71.2 cm³/mol. The van der Waals surface area contributed by atoms with Crippen molar-refractivity contribution in [2.24, 2.45) is 23.2 Å². The largest absolute Gasteiger partial charge is 0.390 e. The third-order valence-electron chi connectivity index (χ3n) is 7.31. The Labute approximate surface area is 119 Å². The number of fused-ring (bicyclic) bond motifs is 1. The van der Waals surface area contributed by atoms with Crippen LogP contribution in [-0.2, 0) is 14.2 Å². The van der Waals surface area contributed by atoms with E-state index in [0.29, 0.717) is 18.3 Å². The first-order valence-electron chi connectivity index (χ1n) is 7.92. The highest BCUT2D eigenvalue weighted by molar-refractivity contribution is 5.31. The maximum Gasteiger partial charge on any atom is 0.103 e. The van der Waals surface area contributed by atoms with Crippen LogP contribution in [0.3, 0.4) is 0 Å². The average Bonchev–Trinajstić information content (AvgIpc) is 2.63. The summed E-state index contributed by atoms with van der Waals surface area (Å²) in [5.41, 5.74) is -0.749. The van der Waals surface area contributed by atoms with Gasteiger partial charge >= 0.3 is 0 Å². The van der Waals surface area contributed by atoms with E-state index in [1.165, 1.54) is 6.42 Å². The van der Waals surface area contributed by atoms with E-state index in [1.807, 2.05) is 6.92 Å². The van der Waals surface area contributed by atoms with Crippen LogP contribution in [0.2, 0.25) is 0 Å². The first-order valence-corrected chi connectivity index (χ1v) is 7.92. The summed E-state index contributed by atoms with van der Waals surface area (Å²) >= 11 is 0. The van der Waals surface area contributed by atoms with Crippen molar-refractivity contribution in [3.05, 3.63) is 0 Å². The molecule has 2 aliphatic carbocycles. The summed E-state index contributed by atoms with van der Waals surface area (Å²) in [6.07, 6.45) is 2.12. The van der Waals surface area contributed by atoms with E-state index in [9.17, 15) is 5.11 Å². The van der Waals surface area contributed by atoms with E-state index in [1.54, 1.807) is 7.11 Å². The van der Waals surface area contributed by atoms with Crippen LogP contribution < -0.4 is 0 Å². The Kier molecular flexibility index (Phi) is 1.93. The summed E-state index contributed by atoms with van der Waals surface area (Å²) in [6.45, 7) is 6.54. The van der Waals surface area contributed by atoms with Crippen LogP contribution in [0.5, 0.6) is 0 Å². The summed E-state index contributed by atoms with van der Waals surface area (Å²) in [5, 5.41) is 11.0. The van der Waals surface area contributed by atoms with Crippen LogP contribution >= 0.6 is 0 Å². The van der Waals surface area contributed by atoms with Crippen LogP contribution in [0, 0.1) is 23.2 Å². The zero-order valence-corrected chi connectivity index (χ0v) is 12.6. The quantitative estimate of drug-likeness (QED) is 0.788. The van der Waals surface area contributed by atoms with Crippen molar-refractivity contribution in [3.8, 4) is 0 Å². The van der Waals surface area contributed by atoms with Gasteiger partial charge in [-0.05, 0) is 24.7 Å². The van der Waals surface area contributed by atoms with Gasteiger partial charge in [-0.3, -0.25) is 0 Å². The monoisotopic (exact) mass is 280 g/mol. The minimum absolute atomic E-state index is 0.0163. The van der Waals surface area contributed by atoms with E-state index in [0.717, 1.165) is 0 Å². The van der Waals surface area contributed by atoms with Gasteiger partial charge in [-0.2, -0.15) is 0 Å². The van der Waals surface area contributed by atoms with Gasteiger partial charge in [-0.25, -0.2) is 0 Å². The van der Waals surface area contributed by atoms with E-state index in [-0.39, 0.29) is 41.3 Å². The molecule has 6 fully saturated rings. The lowest BCUT2D eigenvalue weighted by atomic mass is 9.46. The summed E-state index contributed by atoms with van der Waals surface area (Å²) in [6, 6.07) is 0. The normalized spacial score (nSPS) is 68.0. The highest BCUT2D eigenvalue weighted by Gasteiger charge is 2.83. The van der Waals surface area contributed by atoms with Crippen LogP contribution in [-0.4, -0.2) is 47.8 Å². The Balaban J connectivity index is 1.71. The van der Waals surface area contributed by atoms with Crippen molar-refractivity contribution in [1.82, 2.24) is 0 Å². The fourth-order valence-electron chi connectivity index (χ4n) is 6.68. The molecule has 0 radical (unpaired) electrons. The van der Waals surface area contributed by atoms with Gasteiger partial charge in [0.15, 0.2) is 0 Å². The summed E-state index contributed by atoms with van der Waals surface area (Å²) < 4.78 is 18.8. The van der Waals surface area contributed by atoms with Gasteiger partial charge in [-0.15, -0.1) is 0 Å². The van der Waals surface area contributed by atoms with Crippen LogP contribution in [0.1, 0.15) is 33.6 Å². The Bertz CT molecular complexity index is 487. The molecule has 4 saturated heterocycles. The first-order chi connectivity index (χ1) is 9.33. The Morgan fingerprint density at radius 2 is 1.90 bits per heavy atom. The molecular formula is C16H24O4. The molecule has 6 bridgehead atoms. The fourth-order valence-corrected chi connectivity index (χ4v) is 6.68. The highest BCUT2D eigenvalue weighted by Crippen LogP contribution is 2.75. The molecular weight excluding hydrogens is 256 g/mol. The lowest BCUT2D eigenvalue weighted by Gasteiger charge is -2.64. The number of hydrogen-bond acceptors (Lipinski definition) is 4. The fraction of sp³-hybridized carbons (Fsp3) is 1.00. The van der Waals surface area contributed by atoms with Crippen molar-refractivity contribution >= 4 is 0 Å². The van der Waals surface area contributed by atoms with Crippen LogP contribution in [0.25, 0.3) is 0 Å². The van der Waals surface area contributed by atoms with Gasteiger partial charge in [0.1, 0.15) is 5.60 Å². The molecule has 1 spiro atoms. The number of hydrogen-bond donors (Lipinski definition) is 1. The highest BCUT2D eigenvalue weighted by atomic mass is 16.6. The molecule has 0 aromatic rings. The molecule has 4 nitrogen and oxygen atoms in total. The zero-order valence-electron chi connectivity index (χ0n) is 12.6. The average molecular weight is 280 g/mol. The summed E-state index contributed by atoms with van der Waals surface area (Å²) in [7, 11) is 1.74. The maximum absolute atomic E-state index is 11.0. The molecule has 4 heteroatoms. The SMILES string of the molecule is CO[C@@H]1[C@@H]2OC3C[C@](C)(O)[C@@H]1[C@@H]1OC34[C@@H](CC4(C)C)[C@@H]12. The number of ether oxygens (including phenoxy) is 3. The zero-order chi connectivity index (χ0) is 14.1. The number of rotatable bonds is 1. The second-order valence-electron chi connectivity index (χ2n) is 8.52. The lowest BCUT2D eigenvalue weighted by molar-refractivity contribution is -0.301. The summed E-state index contributed by atoms with van der Waals surface area (Å²) in [4.78, 5) is 0.